The molecule has 0 atom stereocenters. The minimum absolute atomic E-state index is 0.0933. The predicted octanol–water partition coefficient (Wildman–Crippen LogP) is 5.09. The van der Waals surface area contributed by atoms with Crippen LogP contribution in [-0.2, 0) is 0 Å². The fraction of sp³-hybridized carbons (Fsp3) is 0.0667. The molecule has 2 rings (SSSR count). The molecular weight excluding hydrogens is 421 g/mol. The second kappa shape index (κ2) is 7.97. The molecule has 0 amide bonds. The molecule has 0 aliphatic rings. The van der Waals surface area contributed by atoms with Crippen molar-refractivity contribution in [2.24, 2.45) is 5.10 Å². The average molecular weight is 433 g/mol. The quantitative estimate of drug-likeness (QED) is 0.359. The first kappa shape index (κ1) is 18.0. The van der Waals surface area contributed by atoms with Crippen LogP contribution in [0.5, 0.6) is 5.75 Å². The van der Waals surface area contributed by atoms with Crippen molar-refractivity contribution in [2.45, 2.75) is 6.92 Å². The first-order chi connectivity index (χ1) is 10.9. The highest BCUT2D eigenvalue weighted by Gasteiger charge is 2.06. The van der Waals surface area contributed by atoms with Crippen molar-refractivity contribution in [1.82, 2.24) is 5.43 Å². The second-order valence-electron chi connectivity index (χ2n) is 4.61. The number of aromatic hydroxyl groups is 1. The van der Waals surface area contributed by atoms with Crippen LogP contribution >= 0.6 is 51.3 Å². The summed E-state index contributed by atoms with van der Waals surface area (Å²) in [6.45, 7) is 1.96. The van der Waals surface area contributed by atoms with Gasteiger partial charge >= 0.3 is 0 Å². The lowest BCUT2D eigenvalue weighted by atomic mass is 10.2. The Morgan fingerprint density at radius 2 is 2.04 bits per heavy atom. The summed E-state index contributed by atoms with van der Waals surface area (Å²) in [5.41, 5.74) is 4.96. The minimum Gasteiger partial charge on any atom is -0.506 e. The van der Waals surface area contributed by atoms with Crippen molar-refractivity contribution >= 4 is 68.4 Å². The van der Waals surface area contributed by atoms with Gasteiger partial charge in [-0.05, 0) is 55.0 Å². The van der Waals surface area contributed by atoms with Crippen molar-refractivity contribution in [2.75, 3.05) is 5.32 Å². The van der Waals surface area contributed by atoms with Crippen molar-refractivity contribution in [3.05, 3.63) is 56.0 Å². The van der Waals surface area contributed by atoms with E-state index >= 15 is 0 Å². The topological polar surface area (TPSA) is 56.7 Å². The molecule has 0 heterocycles. The van der Waals surface area contributed by atoms with Gasteiger partial charge in [-0.3, -0.25) is 5.43 Å². The van der Waals surface area contributed by atoms with Gasteiger partial charge in [-0.25, -0.2) is 0 Å². The Balaban J connectivity index is 2.02. The van der Waals surface area contributed by atoms with Crippen LogP contribution in [0.1, 0.15) is 11.1 Å². The molecule has 120 valence electrons. The lowest BCUT2D eigenvalue weighted by molar-refractivity contribution is 0.474. The van der Waals surface area contributed by atoms with Crippen molar-refractivity contribution in [3.8, 4) is 5.75 Å². The Kier molecular flexibility index (Phi) is 6.24. The van der Waals surface area contributed by atoms with Crippen LogP contribution in [0.25, 0.3) is 0 Å². The zero-order chi connectivity index (χ0) is 17.0. The maximum atomic E-state index is 9.82. The molecule has 0 aliphatic heterocycles. The maximum absolute atomic E-state index is 9.82. The number of nitrogens with zero attached hydrogens (tertiary/aromatic N) is 1. The molecule has 0 bridgehead atoms. The van der Waals surface area contributed by atoms with E-state index in [1.807, 2.05) is 25.1 Å². The number of hydrogen-bond donors (Lipinski definition) is 3. The number of phenols is 1. The molecule has 0 unspecified atom stereocenters. The molecule has 2 aromatic carbocycles. The van der Waals surface area contributed by atoms with Gasteiger partial charge in [0.05, 0.1) is 11.2 Å². The predicted molar refractivity (Wildman–Crippen MR) is 104 cm³/mol. The van der Waals surface area contributed by atoms with Gasteiger partial charge in [-0.15, -0.1) is 0 Å². The third kappa shape index (κ3) is 5.07. The highest BCUT2D eigenvalue weighted by molar-refractivity contribution is 9.10. The van der Waals surface area contributed by atoms with Gasteiger partial charge < -0.3 is 10.4 Å². The number of aryl methyl sites for hydroxylation is 1. The number of thiocarbonyl (C=S) groups is 1. The normalized spacial score (nSPS) is 10.8. The van der Waals surface area contributed by atoms with Gasteiger partial charge in [0.2, 0.25) is 0 Å². The summed E-state index contributed by atoms with van der Waals surface area (Å²) in [6.07, 6.45) is 1.38. The molecule has 0 aliphatic carbocycles. The summed E-state index contributed by atoms with van der Waals surface area (Å²) < 4.78 is 0.991. The molecular formula is C15H12BrCl2N3OS. The minimum atomic E-state index is -0.0933. The van der Waals surface area contributed by atoms with Gasteiger partial charge in [0, 0.05) is 20.7 Å². The summed E-state index contributed by atoms with van der Waals surface area (Å²) in [5.74, 6) is -0.0933. The van der Waals surface area contributed by atoms with Crippen molar-refractivity contribution in [3.63, 3.8) is 0 Å². The molecule has 0 aromatic heterocycles. The Hall–Kier alpha value is -1.34. The molecule has 4 nitrogen and oxygen atoms in total. The van der Waals surface area contributed by atoms with Crippen LogP contribution in [0.3, 0.4) is 0 Å². The van der Waals surface area contributed by atoms with Gasteiger partial charge in [0.15, 0.2) is 5.11 Å². The van der Waals surface area contributed by atoms with E-state index in [0.717, 1.165) is 15.7 Å². The van der Waals surface area contributed by atoms with Crippen LogP contribution in [0.4, 0.5) is 5.69 Å². The molecule has 0 radical (unpaired) electrons. The van der Waals surface area contributed by atoms with Crippen LogP contribution in [0, 0.1) is 6.92 Å². The van der Waals surface area contributed by atoms with Crippen molar-refractivity contribution < 1.29 is 5.11 Å². The van der Waals surface area contributed by atoms with Gasteiger partial charge in [0.1, 0.15) is 5.75 Å². The maximum Gasteiger partial charge on any atom is 0.191 e. The fourth-order valence-corrected chi connectivity index (χ4v) is 2.91. The highest BCUT2D eigenvalue weighted by Crippen LogP contribution is 2.29. The molecule has 0 fully saturated rings. The SMILES string of the molecule is Cc1cc(Br)ccc1NC(=S)NN=Cc1cc(Cl)cc(Cl)c1O. The van der Waals surface area contributed by atoms with E-state index in [0.29, 0.717) is 15.7 Å². The lowest BCUT2D eigenvalue weighted by Gasteiger charge is -2.10. The summed E-state index contributed by atoms with van der Waals surface area (Å²) in [4.78, 5) is 0. The monoisotopic (exact) mass is 431 g/mol. The number of hydrazone groups is 1. The first-order valence-electron chi connectivity index (χ1n) is 6.41. The van der Waals surface area contributed by atoms with Gasteiger partial charge in [0.25, 0.3) is 0 Å². The van der Waals surface area contributed by atoms with E-state index in [1.54, 1.807) is 6.07 Å². The Morgan fingerprint density at radius 3 is 2.74 bits per heavy atom. The van der Waals surface area contributed by atoms with Crippen LogP contribution in [0.15, 0.2) is 39.9 Å². The Bertz CT molecular complexity index is 784. The van der Waals surface area contributed by atoms with Crippen LogP contribution < -0.4 is 10.7 Å². The van der Waals surface area contributed by atoms with Gasteiger partial charge in [-0.1, -0.05) is 39.1 Å². The molecule has 23 heavy (non-hydrogen) atoms. The molecule has 0 spiro atoms. The van der Waals surface area contributed by atoms with E-state index in [4.69, 9.17) is 35.4 Å². The summed E-state index contributed by atoms with van der Waals surface area (Å²) in [6, 6.07) is 8.78. The largest absolute Gasteiger partial charge is 0.506 e. The third-order valence-electron chi connectivity index (χ3n) is 2.86. The van der Waals surface area contributed by atoms with Gasteiger partial charge in [-0.2, -0.15) is 5.10 Å². The molecule has 2 aromatic rings. The van der Waals surface area contributed by atoms with E-state index in [-0.39, 0.29) is 10.8 Å². The van der Waals surface area contributed by atoms with E-state index in [9.17, 15) is 5.11 Å². The number of rotatable bonds is 3. The molecule has 8 heteroatoms. The number of nitrogens with one attached hydrogen (secondary N) is 2. The first-order valence-corrected chi connectivity index (χ1v) is 8.37. The third-order valence-corrected chi connectivity index (χ3v) is 4.06. The van der Waals surface area contributed by atoms with Crippen molar-refractivity contribution in [1.29, 1.82) is 0 Å². The number of hydrogen-bond acceptors (Lipinski definition) is 3. The number of benzene rings is 2. The van der Waals surface area contributed by atoms with E-state index in [1.165, 1.54) is 12.3 Å². The van der Waals surface area contributed by atoms with E-state index < -0.39 is 0 Å². The number of phenolic OH excluding ortho intramolecular Hbond substituents is 1. The number of halogens is 3. The Morgan fingerprint density at radius 1 is 1.30 bits per heavy atom. The summed E-state index contributed by atoms with van der Waals surface area (Å²) in [5, 5.41) is 17.7. The summed E-state index contributed by atoms with van der Waals surface area (Å²) >= 11 is 20.3. The van der Waals surface area contributed by atoms with E-state index in [2.05, 4.69) is 31.8 Å². The zero-order valence-electron chi connectivity index (χ0n) is 11.9. The average Bonchev–Trinajstić information content (AvgIpc) is 2.47. The smallest absolute Gasteiger partial charge is 0.191 e. The zero-order valence-corrected chi connectivity index (χ0v) is 15.8. The Labute approximate surface area is 157 Å². The summed E-state index contributed by atoms with van der Waals surface area (Å²) in [7, 11) is 0. The van der Waals surface area contributed by atoms with Crippen LogP contribution in [0.2, 0.25) is 10.0 Å². The van der Waals surface area contributed by atoms with Crippen LogP contribution in [-0.4, -0.2) is 16.4 Å². The molecule has 3 N–H and O–H groups in total. The standard InChI is InChI=1S/C15H12BrCl2N3OS/c1-8-4-10(16)2-3-13(8)20-15(23)21-19-7-9-5-11(17)6-12(18)14(9)22/h2-7,22H,1H3,(H2,20,21,23). The fourth-order valence-electron chi connectivity index (χ4n) is 1.76. The molecule has 0 saturated carbocycles. The lowest BCUT2D eigenvalue weighted by Crippen LogP contribution is -2.24. The second-order valence-corrected chi connectivity index (χ2v) is 6.78. The number of anilines is 1. The highest BCUT2D eigenvalue weighted by atomic mass is 79.9. The molecule has 0 saturated heterocycles.